The fourth-order valence-corrected chi connectivity index (χ4v) is 2.88. The minimum absolute atomic E-state index is 0.0875. The first-order chi connectivity index (χ1) is 8.53. The van der Waals surface area contributed by atoms with Crippen LogP contribution >= 0.6 is 0 Å². The van der Waals surface area contributed by atoms with Crippen molar-refractivity contribution >= 4 is 0 Å². The minimum Gasteiger partial charge on any atom is -0.393 e. The van der Waals surface area contributed by atoms with Crippen LogP contribution in [0.1, 0.15) is 69.9 Å². The molecule has 0 unspecified atom stereocenters. The molecule has 0 aliphatic heterocycles. The van der Waals surface area contributed by atoms with Crippen LogP contribution in [-0.2, 0) is 5.41 Å². The fourth-order valence-electron chi connectivity index (χ4n) is 2.88. The van der Waals surface area contributed by atoms with Crippen molar-refractivity contribution in [3.8, 4) is 0 Å². The second-order valence-electron chi connectivity index (χ2n) is 6.38. The molecule has 1 nitrogen and oxygen atoms in total. The Morgan fingerprint density at radius 2 is 1.83 bits per heavy atom. The molecule has 0 radical (unpaired) electrons. The highest BCUT2D eigenvalue weighted by atomic mass is 16.3. The third-order valence-corrected chi connectivity index (χ3v) is 4.69. The largest absolute Gasteiger partial charge is 0.393 e. The molecule has 100 valence electrons. The van der Waals surface area contributed by atoms with Crippen LogP contribution in [0.3, 0.4) is 0 Å². The van der Waals surface area contributed by atoms with Crippen LogP contribution in [0.5, 0.6) is 0 Å². The molecule has 1 aromatic carbocycles. The Labute approximate surface area is 111 Å². The summed E-state index contributed by atoms with van der Waals surface area (Å²) in [5.74, 6) is 0.563. The van der Waals surface area contributed by atoms with E-state index < -0.39 is 0 Å². The topological polar surface area (TPSA) is 20.2 Å². The SMILES string of the molecule is CCC(C)(C)c1ccc([C@H]2CCC[C@@H](O)C2)cc1. The lowest BCUT2D eigenvalue weighted by Crippen LogP contribution is -2.19. The maximum atomic E-state index is 9.76. The van der Waals surface area contributed by atoms with Crippen molar-refractivity contribution in [3.05, 3.63) is 35.4 Å². The van der Waals surface area contributed by atoms with Crippen molar-refractivity contribution in [1.82, 2.24) is 0 Å². The average molecular weight is 246 g/mol. The highest BCUT2D eigenvalue weighted by Gasteiger charge is 2.22. The first-order valence-electron chi connectivity index (χ1n) is 7.31. The number of hydrogen-bond donors (Lipinski definition) is 1. The van der Waals surface area contributed by atoms with E-state index in [-0.39, 0.29) is 11.5 Å². The molecule has 1 aliphatic carbocycles. The van der Waals surface area contributed by atoms with Crippen LogP contribution in [-0.4, -0.2) is 11.2 Å². The Kier molecular flexibility index (Phi) is 4.11. The van der Waals surface area contributed by atoms with Crippen LogP contribution in [0.15, 0.2) is 24.3 Å². The molecule has 0 bridgehead atoms. The van der Waals surface area contributed by atoms with Gasteiger partial charge in [-0.15, -0.1) is 0 Å². The van der Waals surface area contributed by atoms with Crippen molar-refractivity contribution in [2.75, 3.05) is 0 Å². The van der Waals surface area contributed by atoms with E-state index in [2.05, 4.69) is 45.0 Å². The van der Waals surface area contributed by atoms with E-state index in [0.29, 0.717) is 5.92 Å². The molecular weight excluding hydrogens is 220 g/mol. The molecule has 1 aromatic rings. The molecule has 1 heteroatoms. The molecule has 1 aliphatic rings. The summed E-state index contributed by atoms with van der Waals surface area (Å²) in [6.45, 7) is 6.84. The Morgan fingerprint density at radius 3 is 2.39 bits per heavy atom. The van der Waals surface area contributed by atoms with Gasteiger partial charge in [0.15, 0.2) is 0 Å². The van der Waals surface area contributed by atoms with Gasteiger partial charge in [-0.1, -0.05) is 51.5 Å². The minimum atomic E-state index is -0.0875. The lowest BCUT2D eigenvalue weighted by atomic mass is 9.79. The zero-order valence-corrected chi connectivity index (χ0v) is 11.9. The Bertz CT molecular complexity index is 377. The fraction of sp³-hybridized carbons (Fsp3) is 0.647. The maximum Gasteiger partial charge on any atom is 0.0546 e. The number of aliphatic hydroxyl groups excluding tert-OH is 1. The first kappa shape index (κ1) is 13.6. The molecular formula is C17H26O. The Morgan fingerprint density at radius 1 is 1.17 bits per heavy atom. The normalized spacial score (nSPS) is 25.1. The molecule has 2 atom stereocenters. The zero-order chi connectivity index (χ0) is 13.2. The molecule has 0 amide bonds. The van der Waals surface area contributed by atoms with E-state index >= 15 is 0 Å². The smallest absolute Gasteiger partial charge is 0.0546 e. The lowest BCUT2D eigenvalue weighted by Gasteiger charge is -2.28. The van der Waals surface area contributed by atoms with Crippen molar-refractivity contribution < 1.29 is 5.11 Å². The quantitative estimate of drug-likeness (QED) is 0.838. The first-order valence-corrected chi connectivity index (χ1v) is 7.31. The van der Waals surface area contributed by atoms with Crippen molar-refractivity contribution in [2.45, 2.75) is 70.3 Å². The standard InChI is InChI=1S/C17H26O/c1-4-17(2,3)15-10-8-13(9-11-15)14-6-5-7-16(18)12-14/h8-11,14,16,18H,4-7,12H2,1-3H3/t14-,16+/m0/s1. The predicted octanol–water partition coefficient (Wildman–Crippen LogP) is 4.39. The van der Waals surface area contributed by atoms with Crippen LogP contribution < -0.4 is 0 Å². The van der Waals surface area contributed by atoms with Gasteiger partial charge in [0.2, 0.25) is 0 Å². The van der Waals surface area contributed by atoms with Crippen molar-refractivity contribution in [2.24, 2.45) is 0 Å². The monoisotopic (exact) mass is 246 g/mol. The van der Waals surface area contributed by atoms with E-state index in [0.717, 1.165) is 25.7 Å². The number of hydrogen-bond acceptors (Lipinski definition) is 1. The summed E-state index contributed by atoms with van der Waals surface area (Å²) in [6, 6.07) is 9.10. The lowest BCUT2D eigenvalue weighted by molar-refractivity contribution is 0.119. The third kappa shape index (κ3) is 2.95. The van der Waals surface area contributed by atoms with E-state index in [9.17, 15) is 5.11 Å². The Balaban J connectivity index is 2.12. The van der Waals surface area contributed by atoms with Gasteiger partial charge in [0, 0.05) is 0 Å². The van der Waals surface area contributed by atoms with Crippen LogP contribution in [0.25, 0.3) is 0 Å². The number of benzene rings is 1. The van der Waals surface area contributed by atoms with Gasteiger partial charge < -0.3 is 5.11 Å². The van der Waals surface area contributed by atoms with Crippen molar-refractivity contribution in [3.63, 3.8) is 0 Å². The number of rotatable bonds is 3. The molecule has 18 heavy (non-hydrogen) atoms. The van der Waals surface area contributed by atoms with E-state index in [1.807, 2.05) is 0 Å². The van der Waals surface area contributed by atoms with Gasteiger partial charge in [0.25, 0.3) is 0 Å². The van der Waals surface area contributed by atoms with Gasteiger partial charge in [-0.05, 0) is 48.1 Å². The Hall–Kier alpha value is -0.820. The third-order valence-electron chi connectivity index (χ3n) is 4.69. The predicted molar refractivity (Wildman–Crippen MR) is 77.0 cm³/mol. The molecule has 1 N–H and O–H groups in total. The summed E-state index contributed by atoms with van der Waals surface area (Å²) in [5.41, 5.74) is 3.10. The van der Waals surface area contributed by atoms with Crippen LogP contribution in [0, 0.1) is 0 Å². The van der Waals surface area contributed by atoms with E-state index in [4.69, 9.17) is 0 Å². The molecule has 2 rings (SSSR count). The van der Waals surface area contributed by atoms with Gasteiger partial charge >= 0.3 is 0 Å². The van der Waals surface area contributed by atoms with Gasteiger partial charge in [-0.25, -0.2) is 0 Å². The van der Waals surface area contributed by atoms with Crippen LogP contribution in [0.4, 0.5) is 0 Å². The summed E-state index contributed by atoms with van der Waals surface area (Å²) >= 11 is 0. The summed E-state index contributed by atoms with van der Waals surface area (Å²) in [4.78, 5) is 0. The van der Waals surface area contributed by atoms with Gasteiger partial charge in [-0.2, -0.15) is 0 Å². The summed E-state index contributed by atoms with van der Waals surface area (Å²) in [6.07, 6.45) is 5.39. The highest BCUT2D eigenvalue weighted by Crippen LogP contribution is 2.34. The molecule has 0 spiro atoms. The molecule has 0 heterocycles. The molecule has 1 fully saturated rings. The van der Waals surface area contributed by atoms with E-state index in [1.165, 1.54) is 17.5 Å². The van der Waals surface area contributed by atoms with Crippen molar-refractivity contribution in [1.29, 1.82) is 0 Å². The maximum absolute atomic E-state index is 9.76. The second kappa shape index (κ2) is 5.44. The zero-order valence-electron chi connectivity index (χ0n) is 11.9. The molecule has 0 saturated heterocycles. The van der Waals surface area contributed by atoms with Gasteiger partial charge in [0.05, 0.1) is 6.10 Å². The summed E-state index contributed by atoms with van der Waals surface area (Å²) in [7, 11) is 0. The highest BCUT2D eigenvalue weighted by molar-refractivity contribution is 5.30. The molecule has 1 saturated carbocycles. The van der Waals surface area contributed by atoms with Gasteiger partial charge in [0.1, 0.15) is 0 Å². The van der Waals surface area contributed by atoms with E-state index in [1.54, 1.807) is 0 Å². The molecule has 0 aromatic heterocycles. The average Bonchev–Trinajstić information content (AvgIpc) is 2.39. The summed E-state index contributed by atoms with van der Waals surface area (Å²) < 4.78 is 0. The summed E-state index contributed by atoms with van der Waals surface area (Å²) in [5, 5.41) is 9.76. The van der Waals surface area contributed by atoms with Gasteiger partial charge in [-0.3, -0.25) is 0 Å². The number of aliphatic hydroxyl groups is 1. The van der Waals surface area contributed by atoms with Crippen LogP contribution in [0.2, 0.25) is 0 Å². The second-order valence-corrected chi connectivity index (χ2v) is 6.38.